The van der Waals surface area contributed by atoms with Gasteiger partial charge in [-0.1, -0.05) is 27.5 Å². The molecular formula is C14H15BrClN3O. The fraction of sp³-hybridized carbons (Fsp3) is 0.214. The molecule has 0 spiro atoms. The monoisotopic (exact) mass is 355 g/mol. The maximum Gasteiger partial charge on any atom is 0.119 e. The number of hydrazine groups is 1. The van der Waals surface area contributed by atoms with E-state index in [2.05, 4.69) is 26.3 Å². The Morgan fingerprint density at radius 2 is 2.25 bits per heavy atom. The number of rotatable bonds is 5. The Balaban J connectivity index is 2.29. The van der Waals surface area contributed by atoms with Gasteiger partial charge in [-0.25, -0.2) is 0 Å². The minimum absolute atomic E-state index is 0.103. The van der Waals surface area contributed by atoms with E-state index in [1.807, 2.05) is 24.3 Å². The lowest BCUT2D eigenvalue weighted by Gasteiger charge is -2.18. The quantitative estimate of drug-likeness (QED) is 0.638. The molecule has 1 heterocycles. The summed E-state index contributed by atoms with van der Waals surface area (Å²) in [6.07, 6.45) is 3.99. The summed E-state index contributed by atoms with van der Waals surface area (Å²) in [6, 6.07) is 7.59. The van der Waals surface area contributed by atoms with Gasteiger partial charge in [-0.3, -0.25) is 16.3 Å². The van der Waals surface area contributed by atoms with Gasteiger partial charge in [0.15, 0.2) is 0 Å². The number of aromatic nitrogens is 1. The van der Waals surface area contributed by atoms with Crippen molar-refractivity contribution in [2.75, 3.05) is 7.11 Å². The molecule has 1 unspecified atom stereocenters. The molecule has 6 heteroatoms. The van der Waals surface area contributed by atoms with E-state index in [0.29, 0.717) is 11.4 Å². The Morgan fingerprint density at radius 1 is 1.45 bits per heavy atom. The second kappa shape index (κ2) is 7.04. The molecule has 0 aliphatic rings. The van der Waals surface area contributed by atoms with Gasteiger partial charge in [-0.2, -0.15) is 0 Å². The average molecular weight is 357 g/mol. The Bertz CT molecular complexity index is 594. The molecule has 4 nitrogen and oxygen atoms in total. The molecule has 1 atom stereocenters. The molecule has 3 N–H and O–H groups in total. The maximum atomic E-state index is 6.17. The molecule has 106 valence electrons. The molecule has 0 aliphatic heterocycles. The van der Waals surface area contributed by atoms with Crippen LogP contribution in [0.5, 0.6) is 5.75 Å². The van der Waals surface area contributed by atoms with Gasteiger partial charge in [-0.05, 0) is 41.8 Å². The zero-order chi connectivity index (χ0) is 14.5. The zero-order valence-corrected chi connectivity index (χ0v) is 13.3. The number of nitrogens with two attached hydrogens (primary N) is 1. The van der Waals surface area contributed by atoms with Crippen LogP contribution < -0.4 is 16.0 Å². The second-order valence-electron chi connectivity index (χ2n) is 4.28. The van der Waals surface area contributed by atoms with Gasteiger partial charge in [0.05, 0.1) is 18.2 Å². The molecule has 0 radical (unpaired) electrons. The van der Waals surface area contributed by atoms with Crippen molar-refractivity contribution < 1.29 is 4.74 Å². The van der Waals surface area contributed by atoms with E-state index < -0.39 is 0 Å². The smallest absolute Gasteiger partial charge is 0.119 e. The van der Waals surface area contributed by atoms with E-state index in [1.165, 1.54) is 0 Å². The first kappa shape index (κ1) is 15.3. The predicted octanol–water partition coefficient (Wildman–Crippen LogP) is 3.25. The molecular weight excluding hydrogens is 342 g/mol. The lowest BCUT2D eigenvalue weighted by molar-refractivity contribution is 0.413. The van der Waals surface area contributed by atoms with Gasteiger partial charge >= 0.3 is 0 Å². The molecule has 20 heavy (non-hydrogen) atoms. The second-order valence-corrected chi connectivity index (χ2v) is 5.54. The van der Waals surface area contributed by atoms with Crippen molar-refractivity contribution in [1.29, 1.82) is 0 Å². The van der Waals surface area contributed by atoms with Gasteiger partial charge < -0.3 is 4.74 Å². The van der Waals surface area contributed by atoms with E-state index in [1.54, 1.807) is 19.5 Å². The first-order valence-electron chi connectivity index (χ1n) is 6.03. The molecule has 0 saturated heterocycles. The minimum Gasteiger partial charge on any atom is -0.497 e. The summed E-state index contributed by atoms with van der Waals surface area (Å²) in [6.45, 7) is 0. The minimum atomic E-state index is -0.103. The van der Waals surface area contributed by atoms with Crippen LogP contribution in [0.3, 0.4) is 0 Å². The molecule has 2 rings (SSSR count). The molecule has 0 aliphatic carbocycles. The van der Waals surface area contributed by atoms with Crippen LogP contribution in [0.2, 0.25) is 5.02 Å². The lowest BCUT2D eigenvalue weighted by Crippen LogP contribution is -2.30. The lowest BCUT2D eigenvalue weighted by atomic mass is 10.00. The third kappa shape index (κ3) is 3.49. The largest absolute Gasteiger partial charge is 0.497 e. The van der Waals surface area contributed by atoms with E-state index in [4.69, 9.17) is 22.2 Å². The molecule has 0 bridgehead atoms. The summed E-state index contributed by atoms with van der Waals surface area (Å²) in [5.41, 5.74) is 4.80. The molecule has 0 saturated carbocycles. The summed E-state index contributed by atoms with van der Waals surface area (Å²) in [5, 5.41) is 0.592. The number of halogens is 2. The number of nitrogens with one attached hydrogen (secondary N) is 1. The normalized spacial score (nSPS) is 12.2. The summed E-state index contributed by atoms with van der Waals surface area (Å²) in [7, 11) is 1.64. The van der Waals surface area contributed by atoms with Crippen molar-refractivity contribution >= 4 is 27.5 Å². The van der Waals surface area contributed by atoms with Gasteiger partial charge in [0.2, 0.25) is 0 Å². The van der Waals surface area contributed by atoms with Crippen LogP contribution in [-0.2, 0) is 6.42 Å². The molecule has 1 aromatic heterocycles. The number of hydrogen-bond acceptors (Lipinski definition) is 4. The van der Waals surface area contributed by atoms with Crippen LogP contribution in [0, 0.1) is 0 Å². The first-order chi connectivity index (χ1) is 9.65. The number of ether oxygens (including phenoxy) is 1. The predicted molar refractivity (Wildman–Crippen MR) is 83.7 cm³/mol. The van der Waals surface area contributed by atoms with Crippen LogP contribution >= 0.6 is 27.5 Å². The van der Waals surface area contributed by atoms with E-state index in [9.17, 15) is 0 Å². The van der Waals surface area contributed by atoms with Crippen molar-refractivity contribution in [1.82, 2.24) is 10.4 Å². The number of nitrogens with zero attached hydrogens (tertiary/aromatic N) is 1. The Kier molecular flexibility index (Phi) is 5.37. The Hall–Kier alpha value is -1.14. The number of pyridine rings is 1. The third-order valence-corrected chi connectivity index (χ3v) is 4.15. The summed E-state index contributed by atoms with van der Waals surface area (Å²) < 4.78 is 6.25. The van der Waals surface area contributed by atoms with Crippen molar-refractivity contribution in [2.24, 2.45) is 5.84 Å². The molecule has 2 aromatic rings. The highest BCUT2D eigenvalue weighted by molar-refractivity contribution is 9.10. The SMILES string of the molecule is COc1ccc(Br)c(CC(NN)c2ccncc2Cl)c1. The highest BCUT2D eigenvalue weighted by Gasteiger charge is 2.15. The van der Waals surface area contributed by atoms with Crippen molar-refractivity contribution in [2.45, 2.75) is 12.5 Å². The van der Waals surface area contributed by atoms with Crippen LogP contribution in [0.1, 0.15) is 17.2 Å². The van der Waals surface area contributed by atoms with Gasteiger partial charge in [-0.15, -0.1) is 0 Å². The number of methoxy groups -OCH3 is 1. The van der Waals surface area contributed by atoms with Crippen molar-refractivity contribution in [3.05, 3.63) is 57.3 Å². The van der Waals surface area contributed by atoms with Gasteiger partial charge in [0, 0.05) is 16.9 Å². The summed E-state index contributed by atoms with van der Waals surface area (Å²) in [4.78, 5) is 3.98. The van der Waals surface area contributed by atoms with Crippen LogP contribution in [0.4, 0.5) is 0 Å². The van der Waals surface area contributed by atoms with Crippen molar-refractivity contribution in [3.63, 3.8) is 0 Å². The zero-order valence-electron chi connectivity index (χ0n) is 10.9. The van der Waals surface area contributed by atoms with E-state index in [-0.39, 0.29) is 6.04 Å². The average Bonchev–Trinajstić information content (AvgIpc) is 2.47. The van der Waals surface area contributed by atoms with Crippen LogP contribution in [0.25, 0.3) is 0 Å². The highest BCUT2D eigenvalue weighted by Crippen LogP contribution is 2.29. The number of benzene rings is 1. The van der Waals surface area contributed by atoms with Gasteiger partial charge in [0.1, 0.15) is 5.75 Å². The van der Waals surface area contributed by atoms with E-state index in [0.717, 1.165) is 21.3 Å². The maximum absolute atomic E-state index is 6.17. The van der Waals surface area contributed by atoms with Crippen molar-refractivity contribution in [3.8, 4) is 5.75 Å². The Morgan fingerprint density at radius 3 is 2.90 bits per heavy atom. The fourth-order valence-corrected chi connectivity index (χ4v) is 2.64. The highest BCUT2D eigenvalue weighted by atomic mass is 79.9. The van der Waals surface area contributed by atoms with Crippen LogP contribution in [-0.4, -0.2) is 12.1 Å². The van der Waals surface area contributed by atoms with E-state index >= 15 is 0 Å². The standard InChI is InChI=1S/C14H15BrClN3O/c1-20-10-2-3-12(15)9(6-10)7-14(19-17)11-4-5-18-8-13(11)16/h2-6,8,14,19H,7,17H2,1H3. The summed E-state index contributed by atoms with van der Waals surface area (Å²) in [5.74, 6) is 6.47. The fourth-order valence-electron chi connectivity index (χ4n) is 1.98. The molecule has 0 amide bonds. The molecule has 0 fully saturated rings. The third-order valence-electron chi connectivity index (χ3n) is 3.06. The van der Waals surface area contributed by atoms with Crippen LogP contribution in [0.15, 0.2) is 41.1 Å². The van der Waals surface area contributed by atoms with Gasteiger partial charge in [0.25, 0.3) is 0 Å². The first-order valence-corrected chi connectivity index (χ1v) is 7.20. The number of hydrogen-bond donors (Lipinski definition) is 2. The summed E-state index contributed by atoms with van der Waals surface area (Å²) >= 11 is 9.71. The topological polar surface area (TPSA) is 60.2 Å². The Labute approximate surface area is 131 Å². The molecule has 1 aromatic carbocycles.